The summed E-state index contributed by atoms with van der Waals surface area (Å²) in [5.41, 5.74) is 7.53. The van der Waals surface area contributed by atoms with Gasteiger partial charge in [-0.15, -0.1) is 0 Å². The molecular formula is C27H21N5. The number of anilines is 1. The van der Waals surface area contributed by atoms with E-state index in [-0.39, 0.29) is 0 Å². The Bertz CT molecular complexity index is 1230. The van der Waals surface area contributed by atoms with E-state index >= 15 is 0 Å². The minimum Gasteiger partial charge on any atom is -0.379 e. The molecule has 5 heteroatoms. The fourth-order valence-corrected chi connectivity index (χ4v) is 3.46. The highest BCUT2D eigenvalue weighted by Crippen LogP contribution is 2.29. The molecule has 0 radical (unpaired) electrons. The number of hydrogen-bond acceptors (Lipinski definition) is 5. The highest BCUT2D eigenvalue weighted by Gasteiger charge is 2.10. The standard InChI is InChI=1S/C27H21N5/c1-4-14-28-23(7-1)19-31-22-12-10-20(11-13-22)21-17-26(24-8-2-5-15-29-24)32-27(18-21)25-9-3-6-16-30-25/h1-18,31H,19H2. The summed E-state index contributed by atoms with van der Waals surface area (Å²) in [7, 11) is 0. The van der Waals surface area contributed by atoms with Crippen molar-refractivity contribution in [2.45, 2.75) is 6.54 Å². The lowest BCUT2D eigenvalue weighted by atomic mass is 10.0. The molecule has 4 heterocycles. The van der Waals surface area contributed by atoms with E-state index in [4.69, 9.17) is 4.98 Å². The minimum atomic E-state index is 0.684. The lowest BCUT2D eigenvalue weighted by Gasteiger charge is -2.11. The molecule has 5 rings (SSSR count). The average molecular weight is 416 g/mol. The maximum atomic E-state index is 4.84. The molecule has 32 heavy (non-hydrogen) atoms. The second-order valence-electron chi connectivity index (χ2n) is 7.31. The Balaban J connectivity index is 1.47. The van der Waals surface area contributed by atoms with Gasteiger partial charge in [0.15, 0.2) is 0 Å². The predicted molar refractivity (Wildman–Crippen MR) is 128 cm³/mol. The molecule has 0 aliphatic heterocycles. The van der Waals surface area contributed by atoms with Gasteiger partial charge in [-0.1, -0.05) is 30.3 Å². The van der Waals surface area contributed by atoms with Crippen molar-refractivity contribution in [3.05, 3.63) is 115 Å². The Kier molecular flexibility index (Phi) is 5.62. The van der Waals surface area contributed by atoms with E-state index in [1.165, 1.54) is 0 Å². The second kappa shape index (κ2) is 9.18. The van der Waals surface area contributed by atoms with Crippen LogP contribution < -0.4 is 5.32 Å². The third-order valence-electron chi connectivity index (χ3n) is 5.10. The summed E-state index contributed by atoms with van der Waals surface area (Å²) < 4.78 is 0. The van der Waals surface area contributed by atoms with Crippen molar-refractivity contribution < 1.29 is 0 Å². The first-order valence-corrected chi connectivity index (χ1v) is 10.4. The van der Waals surface area contributed by atoms with Crippen molar-refractivity contribution in [3.8, 4) is 33.9 Å². The van der Waals surface area contributed by atoms with Gasteiger partial charge in [0.1, 0.15) is 0 Å². The fourth-order valence-electron chi connectivity index (χ4n) is 3.46. The van der Waals surface area contributed by atoms with Crippen LogP contribution in [0.5, 0.6) is 0 Å². The molecule has 0 atom stereocenters. The molecule has 5 aromatic rings. The van der Waals surface area contributed by atoms with Crippen LogP contribution in [-0.4, -0.2) is 19.9 Å². The molecule has 0 spiro atoms. The molecule has 0 aliphatic carbocycles. The number of hydrogen-bond donors (Lipinski definition) is 1. The first-order valence-electron chi connectivity index (χ1n) is 10.4. The predicted octanol–water partition coefficient (Wildman–Crippen LogP) is 5.88. The zero-order valence-electron chi connectivity index (χ0n) is 17.4. The van der Waals surface area contributed by atoms with E-state index in [1.807, 2.05) is 60.8 Å². The number of rotatable bonds is 6. The summed E-state index contributed by atoms with van der Waals surface area (Å²) in [5, 5.41) is 3.42. The molecule has 0 unspecified atom stereocenters. The van der Waals surface area contributed by atoms with Gasteiger partial charge in [-0.25, -0.2) is 4.98 Å². The van der Waals surface area contributed by atoms with Gasteiger partial charge < -0.3 is 5.32 Å². The number of nitrogens with one attached hydrogen (secondary N) is 1. The molecule has 0 fully saturated rings. The van der Waals surface area contributed by atoms with Gasteiger partial charge in [-0.2, -0.15) is 0 Å². The molecule has 154 valence electrons. The molecule has 0 amide bonds. The molecule has 0 aliphatic rings. The Morgan fingerprint density at radius 3 is 1.66 bits per heavy atom. The van der Waals surface area contributed by atoms with E-state index in [9.17, 15) is 0 Å². The van der Waals surface area contributed by atoms with Crippen molar-refractivity contribution in [2.24, 2.45) is 0 Å². The van der Waals surface area contributed by atoms with Gasteiger partial charge in [-0.05, 0) is 71.8 Å². The van der Waals surface area contributed by atoms with Crippen LogP contribution in [-0.2, 0) is 6.54 Å². The van der Waals surface area contributed by atoms with E-state index < -0.39 is 0 Å². The molecule has 4 aromatic heterocycles. The van der Waals surface area contributed by atoms with E-state index in [0.29, 0.717) is 6.54 Å². The third-order valence-corrected chi connectivity index (χ3v) is 5.10. The SMILES string of the molecule is c1ccc(CNc2ccc(-c3cc(-c4ccccn4)nc(-c4ccccn4)c3)cc2)nc1. The normalized spacial score (nSPS) is 10.6. The van der Waals surface area contributed by atoms with Crippen molar-refractivity contribution in [2.75, 3.05) is 5.32 Å². The number of benzene rings is 1. The number of aromatic nitrogens is 4. The molecule has 0 saturated carbocycles. The summed E-state index contributed by atoms with van der Waals surface area (Å²) in [6.07, 6.45) is 5.38. The third kappa shape index (κ3) is 4.52. The molecule has 0 saturated heterocycles. The van der Waals surface area contributed by atoms with E-state index in [2.05, 4.69) is 56.7 Å². The van der Waals surface area contributed by atoms with E-state index in [1.54, 1.807) is 12.4 Å². The van der Waals surface area contributed by atoms with Gasteiger partial charge in [-0.3, -0.25) is 15.0 Å². The van der Waals surface area contributed by atoms with Crippen LogP contribution in [0.15, 0.2) is 110 Å². The highest BCUT2D eigenvalue weighted by molar-refractivity contribution is 5.75. The Morgan fingerprint density at radius 1 is 0.531 bits per heavy atom. The number of pyridine rings is 4. The van der Waals surface area contributed by atoms with Gasteiger partial charge >= 0.3 is 0 Å². The molecule has 0 bridgehead atoms. The number of nitrogens with zero attached hydrogens (tertiary/aromatic N) is 4. The summed E-state index contributed by atoms with van der Waals surface area (Å²) in [5.74, 6) is 0. The van der Waals surface area contributed by atoms with Crippen molar-refractivity contribution in [1.82, 2.24) is 19.9 Å². The maximum absolute atomic E-state index is 4.84. The molecule has 1 N–H and O–H groups in total. The van der Waals surface area contributed by atoms with Crippen molar-refractivity contribution >= 4 is 5.69 Å². The van der Waals surface area contributed by atoms with Crippen LogP contribution in [0.25, 0.3) is 33.9 Å². The molecule has 5 nitrogen and oxygen atoms in total. The first-order chi connectivity index (χ1) is 15.8. The van der Waals surface area contributed by atoms with Crippen LogP contribution in [0.3, 0.4) is 0 Å². The largest absolute Gasteiger partial charge is 0.379 e. The first kappa shape index (κ1) is 19.6. The zero-order valence-corrected chi connectivity index (χ0v) is 17.4. The molecule has 1 aromatic carbocycles. The lowest BCUT2D eigenvalue weighted by molar-refractivity contribution is 1.05. The Morgan fingerprint density at radius 2 is 1.12 bits per heavy atom. The average Bonchev–Trinajstić information content (AvgIpc) is 2.89. The monoisotopic (exact) mass is 415 g/mol. The fraction of sp³-hybridized carbons (Fsp3) is 0.0370. The van der Waals surface area contributed by atoms with Gasteiger partial charge in [0, 0.05) is 24.3 Å². The topological polar surface area (TPSA) is 63.6 Å². The maximum Gasteiger partial charge on any atom is 0.0900 e. The summed E-state index contributed by atoms with van der Waals surface area (Å²) in [6, 6.07) is 30.2. The van der Waals surface area contributed by atoms with Gasteiger partial charge in [0.05, 0.1) is 35.0 Å². The lowest BCUT2D eigenvalue weighted by Crippen LogP contribution is -2.00. The van der Waals surface area contributed by atoms with Crippen LogP contribution >= 0.6 is 0 Å². The quantitative estimate of drug-likeness (QED) is 0.375. The van der Waals surface area contributed by atoms with E-state index in [0.717, 1.165) is 45.3 Å². The van der Waals surface area contributed by atoms with Crippen LogP contribution in [0.1, 0.15) is 5.69 Å². The Labute approximate surface area is 186 Å². The second-order valence-corrected chi connectivity index (χ2v) is 7.31. The van der Waals surface area contributed by atoms with Gasteiger partial charge in [0.25, 0.3) is 0 Å². The Hall–Kier alpha value is -4.38. The summed E-state index contributed by atoms with van der Waals surface area (Å²) in [6.45, 7) is 0.684. The smallest absolute Gasteiger partial charge is 0.0900 e. The van der Waals surface area contributed by atoms with Crippen LogP contribution in [0, 0.1) is 0 Å². The summed E-state index contributed by atoms with van der Waals surface area (Å²) >= 11 is 0. The van der Waals surface area contributed by atoms with Crippen LogP contribution in [0.4, 0.5) is 5.69 Å². The van der Waals surface area contributed by atoms with Gasteiger partial charge in [0.2, 0.25) is 0 Å². The van der Waals surface area contributed by atoms with Crippen LogP contribution in [0.2, 0.25) is 0 Å². The summed E-state index contributed by atoms with van der Waals surface area (Å²) in [4.78, 5) is 18.2. The minimum absolute atomic E-state index is 0.684. The highest BCUT2D eigenvalue weighted by atomic mass is 14.9. The molecular weight excluding hydrogens is 394 g/mol. The van der Waals surface area contributed by atoms with Crippen molar-refractivity contribution in [3.63, 3.8) is 0 Å². The van der Waals surface area contributed by atoms with Crippen molar-refractivity contribution in [1.29, 1.82) is 0 Å². The zero-order chi connectivity index (χ0) is 21.6.